The summed E-state index contributed by atoms with van der Waals surface area (Å²) in [5, 5.41) is 20.8. The highest BCUT2D eigenvalue weighted by Crippen LogP contribution is 2.37. The summed E-state index contributed by atoms with van der Waals surface area (Å²) in [5.74, 6) is -0.684. The lowest BCUT2D eigenvalue weighted by Crippen LogP contribution is -2.86. The van der Waals surface area contributed by atoms with Crippen LogP contribution in [0.4, 0.5) is 0 Å². The number of quaternary nitrogens is 1. The van der Waals surface area contributed by atoms with Gasteiger partial charge in [0.05, 0.1) is 45.0 Å². The van der Waals surface area contributed by atoms with E-state index < -0.39 is 17.7 Å². The van der Waals surface area contributed by atoms with Crippen LogP contribution < -0.4 is 10.1 Å². The summed E-state index contributed by atoms with van der Waals surface area (Å²) < 4.78 is 5.13. The van der Waals surface area contributed by atoms with Gasteiger partial charge in [-0.2, -0.15) is 0 Å². The molecule has 0 unspecified atom stereocenters. The number of aliphatic hydroxyl groups is 2. The lowest BCUT2D eigenvalue weighted by molar-refractivity contribution is -0.655. The summed E-state index contributed by atoms with van der Waals surface area (Å²) in [6, 6.07) is 6.46. The zero-order chi connectivity index (χ0) is 17.7. The van der Waals surface area contributed by atoms with Crippen molar-refractivity contribution in [3.63, 3.8) is 0 Å². The standard InChI is InChI=1S/C17H22N2O5/c1-11(21)14-15(12-3-5-13(24-2)6-4-12)19(17(23)16(14)22)9-7-18-8-10-20/h3-6,15,18,20,22H,7-10H2,1-2H3/p+1/t15-/m1/s1. The molecule has 0 aliphatic carbocycles. The van der Waals surface area contributed by atoms with Gasteiger partial charge in [-0.15, -0.1) is 0 Å². The van der Waals surface area contributed by atoms with Gasteiger partial charge in [0.1, 0.15) is 5.75 Å². The Labute approximate surface area is 140 Å². The second kappa shape index (κ2) is 7.94. The number of benzene rings is 1. The Hall–Kier alpha value is -2.38. The van der Waals surface area contributed by atoms with Gasteiger partial charge in [-0.05, 0) is 24.6 Å². The molecule has 7 nitrogen and oxygen atoms in total. The minimum Gasteiger partial charge on any atom is -0.503 e. The number of ether oxygens (including phenoxy) is 1. The van der Waals surface area contributed by atoms with Crippen LogP contribution >= 0.6 is 0 Å². The summed E-state index contributed by atoms with van der Waals surface area (Å²) in [7, 11) is 1.56. The van der Waals surface area contributed by atoms with Gasteiger partial charge in [-0.3, -0.25) is 9.59 Å². The molecular formula is C17H23N2O5+. The number of nitrogens with zero attached hydrogens (tertiary/aromatic N) is 1. The molecule has 1 heterocycles. The quantitative estimate of drug-likeness (QED) is 0.558. The number of nitrogens with two attached hydrogens (primary N) is 1. The number of hydrogen-bond acceptors (Lipinski definition) is 5. The average Bonchev–Trinajstić information content (AvgIpc) is 2.83. The third kappa shape index (κ3) is 3.58. The van der Waals surface area contributed by atoms with E-state index in [-0.39, 0.29) is 18.0 Å². The monoisotopic (exact) mass is 335 g/mol. The minimum absolute atomic E-state index is 0.0536. The molecule has 0 fully saturated rings. The van der Waals surface area contributed by atoms with Crippen molar-refractivity contribution in [3.05, 3.63) is 41.2 Å². The molecule has 0 spiro atoms. The van der Waals surface area contributed by atoms with E-state index >= 15 is 0 Å². The molecule has 1 aromatic rings. The second-order valence-electron chi connectivity index (χ2n) is 5.58. The Morgan fingerprint density at radius 2 is 1.96 bits per heavy atom. The number of Topliss-reactive ketones (excluding diaryl/α,β-unsaturated/α-hetero) is 1. The average molecular weight is 335 g/mol. The second-order valence-corrected chi connectivity index (χ2v) is 5.58. The number of ketones is 1. The van der Waals surface area contributed by atoms with Crippen LogP contribution in [0.2, 0.25) is 0 Å². The van der Waals surface area contributed by atoms with Gasteiger partial charge in [0.15, 0.2) is 11.5 Å². The van der Waals surface area contributed by atoms with E-state index in [2.05, 4.69) is 0 Å². The predicted octanol–water partition coefficient (Wildman–Crippen LogP) is -0.465. The summed E-state index contributed by atoms with van der Waals surface area (Å²) in [4.78, 5) is 25.8. The van der Waals surface area contributed by atoms with Gasteiger partial charge in [0, 0.05) is 0 Å². The maximum atomic E-state index is 12.4. The zero-order valence-electron chi connectivity index (χ0n) is 13.9. The summed E-state index contributed by atoms with van der Waals surface area (Å²) in [5.41, 5.74) is 0.855. The van der Waals surface area contributed by atoms with E-state index in [9.17, 15) is 14.7 Å². The van der Waals surface area contributed by atoms with Crippen molar-refractivity contribution in [1.82, 2.24) is 4.90 Å². The van der Waals surface area contributed by atoms with Crippen LogP contribution in [0, 0.1) is 0 Å². The number of rotatable bonds is 8. The molecule has 7 heteroatoms. The first-order chi connectivity index (χ1) is 11.5. The molecule has 1 atom stereocenters. The lowest BCUT2D eigenvalue weighted by atomic mass is 9.96. The maximum Gasteiger partial charge on any atom is 0.290 e. The molecule has 0 radical (unpaired) electrons. The van der Waals surface area contributed by atoms with Crippen LogP contribution in [-0.4, -0.2) is 60.2 Å². The number of aliphatic hydroxyl groups excluding tert-OH is 2. The van der Waals surface area contributed by atoms with Crippen LogP contribution in [0.1, 0.15) is 18.5 Å². The number of methoxy groups -OCH3 is 1. The predicted molar refractivity (Wildman–Crippen MR) is 86.5 cm³/mol. The number of amides is 1. The van der Waals surface area contributed by atoms with Gasteiger partial charge >= 0.3 is 0 Å². The molecule has 4 N–H and O–H groups in total. The summed E-state index contributed by atoms with van der Waals surface area (Å²) >= 11 is 0. The molecule has 2 rings (SSSR count). The van der Waals surface area contributed by atoms with E-state index in [1.54, 1.807) is 31.4 Å². The van der Waals surface area contributed by atoms with E-state index in [1.165, 1.54) is 11.8 Å². The summed E-state index contributed by atoms with van der Waals surface area (Å²) in [6.07, 6.45) is 0. The van der Waals surface area contributed by atoms with Crippen molar-refractivity contribution in [2.45, 2.75) is 13.0 Å². The molecule has 1 amide bonds. The highest BCUT2D eigenvalue weighted by Gasteiger charge is 2.42. The molecular weight excluding hydrogens is 312 g/mol. The van der Waals surface area contributed by atoms with Crippen LogP contribution in [-0.2, 0) is 9.59 Å². The first-order valence-electron chi connectivity index (χ1n) is 7.82. The molecule has 0 bridgehead atoms. The topological polar surface area (TPSA) is 104 Å². The van der Waals surface area contributed by atoms with Gasteiger partial charge in [-0.25, -0.2) is 0 Å². The maximum absolute atomic E-state index is 12.4. The third-order valence-electron chi connectivity index (χ3n) is 4.02. The Balaban J connectivity index is 2.31. The van der Waals surface area contributed by atoms with E-state index in [0.29, 0.717) is 25.4 Å². The van der Waals surface area contributed by atoms with Crippen LogP contribution in [0.25, 0.3) is 0 Å². The first kappa shape index (κ1) is 18.0. The molecule has 1 aliphatic rings. The smallest absolute Gasteiger partial charge is 0.290 e. The fourth-order valence-corrected chi connectivity index (χ4v) is 2.84. The molecule has 1 aromatic carbocycles. The van der Waals surface area contributed by atoms with E-state index in [1.807, 2.05) is 5.32 Å². The van der Waals surface area contributed by atoms with Crippen LogP contribution in [0.3, 0.4) is 0 Å². The molecule has 0 saturated carbocycles. The van der Waals surface area contributed by atoms with Crippen molar-refractivity contribution in [1.29, 1.82) is 0 Å². The molecule has 0 aromatic heterocycles. The molecule has 24 heavy (non-hydrogen) atoms. The van der Waals surface area contributed by atoms with Crippen molar-refractivity contribution in [2.75, 3.05) is 33.4 Å². The Morgan fingerprint density at radius 3 is 2.50 bits per heavy atom. The van der Waals surface area contributed by atoms with Gasteiger partial charge in [0.25, 0.3) is 5.91 Å². The highest BCUT2D eigenvalue weighted by molar-refractivity contribution is 6.08. The fraction of sp³-hybridized carbons (Fsp3) is 0.412. The van der Waals surface area contributed by atoms with Crippen LogP contribution in [0.15, 0.2) is 35.6 Å². The molecule has 130 valence electrons. The number of carbonyl (C=O) groups is 2. The van der Waals surface area contributed by atoms with Crippen molar-refractivity contribution in [2.24, 2.45) is 0 Å². The molecule has 1 aliphatic heterocycles. The Kier molecular flexibility index (Phi) is 5.94. The van der Waals surface area contributed by atoms with Crippen LogP contribution in [0.5, 0.6) is 5.75 Å². The Bertz CT molecular complexity index is 639. The Morgan fingerprint density at radius 1 is 1.29 bits per heavy atom. The summed E-state index contributed by atoms with van der Waals surface area (Å²) in [6.45, 7) is 2.86. The minimum atomic E-state index is -0.608. The van der Waals surface area contributed by atoms with Crippen molar-refractivity contribution >= 4 is 11.7 Å². The van der Waals surface area contributed by atoms with Gasteiger partial charge in [-0.1, -0.05) is 12.1 Å². The molecule has 0 saturated heterocycles. The van der Waals surface area contributed by atoms with Gasteiger partial charge in [0.2, 0.25) is 0 Å². The zero-order valence-corrected chi connectivity index (χ0v) is 13.9. The normalized spacial score (nSPS) is 17.5. The SMILES string of the molecule is COc1ccc([C@@H]2C(C(C)=O)=C(O)C(=O)N2CC[NH2+]CCO)cc1. The lowest BCUT2D eigenvalue weighted by Gasteiger charge is -2.26. The largest absolute Gasteiger partial charge is 0.503 e. The van der Waals surface area contributed by atoms with Gasteiger partial charge < -0.3 is 25.2 Å². The third-order valence-corrected chi connectivity index (χ3v) is 4.02. The van der Waals surface area contributed by atoms with E-state index in [0.717, 1.165) is 5.56 Å². The van der Waals surface area contributed by atoms with E-state index in [4.69, 9.17) is 9.84 Å². The fourth-order valence-electron chi connectivity index (χ4n) is 2.84. The number of carbonyl (C=O) groups excluding carboxylic acids is 2. The van der Waals surface area contributed by atoms with Crippen molar-refractivity contribution < 1.29 is 29.9 Å². The highest BCUT2D eigenvalue weighted by atomic mass is 16.5. The first-order valence-corrected chi connectivity index (χ1v) is 7.82. The van der Waals surface area contributed by atoms with Crippen molar-refractivity contribution in [3.8, 4) is 5.75 Å². The number of hydrogen-bond donors (Lipinski definition) is 3.